The zero-order chi connectivity index (χ0) is 24.9. The van der Waals surface area contributed by atoms with Crippen LogP contribution in [0.15, 0.2) is 29.5 Å². The average molecular weight is 475 g/mol. The number of rotatable bonds is 15. The molecule has 1 aliphatic rings. The maximum Gasteiger partial charge on any atom is 0.338 e. The van der Waals surface area contributed by atoms with Crippen molar-refractivity contribution in [1.82, 2.24) is 10.6 Å². The molecule has 190 valence electrons. The molecule has 1 heterocycles. The SMILES string of the molecule is CCCCCCCCCOc1ccc(C2NC(=O)NC(C(C)C)=C2C(=O)OCC)cc1OCC. The summed E-state index contributed by atoms with van der Waals surface area (Å²) in [6.45, 7) is 11.1. The van der Waals surface area contributed by atoms with Gasteiger partial charge in [-0.15, -0.1) is 0 Å². The number of amides is 2. The Morgan fingerprint density at radius 3 is 2.29 bits per heavy atom. The average Bonchev–Trinajstić information content (AvgIpc) is 2.81. The predicted molar refractivity (Wildman–Crippen MR) is 134 cm³/mol. The molecule has 0 bridgehead atoms. The Morgan fingerprint density at radius 1 is 0.941 bits per heavy atom. The van der Waals surface area contributed by atoms with Gasteiger partial charge in [-0.05, 0) is 43.9 Å². The van der Waals surface area contributed by atoms with Crippen molar-refractivity contribution in [2.75, 3.05) is 19.8 Å². The molecule has 2 N–H and O–H groups in total. The fourth-order valence-corrected chi connectivity index (χ4v) is 4.06. The van der Waals surface area contributed by atoms with Crippen molar-refractivity contribution in [3.63, 3.8) is 0 Å². The molecule has 1 aromatic rings. The second kappa shape index (κ2) is 14.5. The van der Waals surface area contributed by atoms with Gasteiger partial charge < -0.3 is 24.8 Å². The summed E-state index contributed by atoms with van der Waals surface area (Å²) in [6.07, 6.45) is 8.54. The van der Waals surface area contributed by atoms with Crippen LogP contribution in [0, 0.1) is 5.92 Å². The topological polar surface area (TPSA) is 85.9 Å². The van der Waals surface area contributed by atoms with Crippen LogP contribution in [0.4, 0.5) is 4.79 Å². The van der Waals surface area contributed by atoms with Gasteiger partial charge in [0, 0.05) is 5.70 Å². The van der Waals surface area contributed by atoms with E-state index in [1.54, 1.807) is 6.92 Å². The molecule has 1 atom stereocenters. The summed E-state index contributed by atoms with van der Waals surface area (Å²) >= 11 is 0. The lowest BCUT2D eigenvalue weighted by atomic mass is 9.91. The predicted octanol–water partition coefficient (Wildman–Crippen LogP) is 6.04. The van der Waals surface area contributed by atoms with Crippen LogP contribution in [0.3, 0.4) is 0 Å². The van der Waals surface area contributed by atoms with Crippen LogP contribution in [0.1, 0.15) is 91.2 Å². The van der Waals surface area contributed by atoms with Crippen LogP contribution in [-0.2, 0) is 9.53 Å². The molecule has 1 unspecified atom stereocenters. The third kappa shape index (κ3) is 7.96. The molecule has 1 aliphatic heterocycles. The maximum atomic E-state index is 12.8. The molecule has 2 rings (SSSR count). The minimum absolute atomic E-state index is 0.0519. The fraction of sp³-hybridized carbons (Fsp3) is 0.630. The number of urea groups is 1. The Kier molecular flexibility index (Phi) is 11.8. The van der Waals surface area contributed by atoms with Gasteiger partial charge in [0.25, 0.3) is 0 Å². The normalized spacial score (nSPS) is 15.7. The van der Waals surface area contributed by atoms with Gasteiger partial charge in [0.1, 0.15) is 0 Å². The standard InChI is InChI=1S/C27H42N2O5/c1-6-9-10-11-12-13-14-17-34-21-16-15-20(18-22(21)32-7-2)25-23(26(30)33-8-3)24(19(4)5)28-27(31)29-25/h15-16,18-19,25H,6-14,17H2,1-5H3,(H2,28,29,31). The summed E-state index contributed by atoms with van der Waals surface area (Å²) in [5.74, 6) is 0.775. The van der Waals surface area contributed by atoms with Gasteiger partial charge in [-0.1, -0.05) is 65.4 Å². The molecular formula is C27H42N2O5. The molecule has 0 saturated heterocycles. The summed E-state index contributed by atoms with van der Waals surface area (Å²) in [4.78, 5) is 25.2. The second-order valence-corrected chi connectivity index (χ2v) is 8.84. The molecule has 7 heteroatoms. The minimum Gasteiger partial charge on any atom is -0.490 e. The third-order valence-corrected chi connectivity index (χ3v) is 5.78. The first-order valence-electron chi connectivity index (χ1n) is 12.8. The van der Waals surface area contributed by atoms with Crippen molar-refractivity contribution in [3.05, 3.63) is 35.0 Å². The van der Waals surface area contributed by atoms with Gasteiger partial charge in [-0.3, -0.25) is 0 Å². The van der Waals surface area contributed by atoms with Crippen molar-refractivity contribution < 1.29 is 23.8 Å². The molecule has 0 spiro atoms. The van der Waals surface area contributed by atoms with Gasteiger partial charge in [0.15, 0.2) is 11.5 Å². The number of carbonyl (C=O) groups is 2. The van der Waals surface area contributed by atoms with E-state index < -0.39 is 12.0 Å². The Balaban J connectivity index is 2.18. The van der Waals surface area contributed by atoms with E-state index in [2.05, 4.69) is 17.6 Å². The monoisotopic (exact) mass is 474 g/mol. The van der Waals surface area contributed by atoms with Crippen LogP contribution in [-0.4, -0.2) is 31.8 Å². The first kappa shape index (κ1) is 27.5. The van der Waals surface area contributed by atoms with Crippen LogP contribution in [0.25, 0.3) is 0 Å². The van der Waals surface area contributed by atoms with Gasteiger partial charge >= 0.3 is 12.0 Å². The first-order chi connectivity index (χ1) is 16.4. The number of hydrogen-bond acceptors (Lipinski definition) is 5. The highest BCUT2D eigenvalue weighted by atomic mass is 16.5. The van der Waals surface area contributed by atoms with Crippen LogP contribution in [0.2, 0.25) is 0 Å². The summed E-state index contributed by atoms with van der Waals surface area (Å²) < 4.78 is 17.2. The van der Waals surface area contributed by atoms with Gasteiger partial charge in [0.05, 0.1) is 31.4 Å². The Hall–Kier alpha value is -2.70. The number of nitrogens with one attached hydrogen (secondary N) is 2. The van der Waals surface area contributed by atoms with Gasteiger partial charge in [-0.25, -0.2) is 9.59 Å². The van der Waals surface area contributed by atoms with E-state index in [4.69, 9.17) is 14.2 Å². The lowest BCUT2D eigenvalue weighted by Crippen LogP contribution is -2.47. The molecule has 34 heavy (non-hydrogen) atoms. The molecule has 0 aromatic heterocycles. The lowest BCUT2D eigenvalue weighted by molar-refractivity contribution is -0.139. The van der Waals surface area contributed by atoms with Crippen molar-refractivity contribution >= 4 is 12.0 Å². The number of ether oxygens (including phenoxy) is 3. The number of hydrogen-bond donors (Lipinski definition) is 2. The quantitative estimate of drug-likeness (QED) is 0.239. The summed E-state index contributed by atoms with van der Waals surface area (Å²) in [7, 11) is 0. The van der Waals surface area contributed by atoms with Crippen LogP contribution < -0.4 is 20.1 Å². The molecule has 2 amide bonds. The highest BCUT2D eigenvalue weighted by molar-refractivity contribution is 5.95. The lowest BCUT2D eigenvalue weighted by Gasteiger charge is -2.31. The van der Waals surface area contributed by atoms with Crippen molar-refractivity contribution in [3.8, 4) is 11.5 Å². The van der Waals surface area contributed by atoms with E-state index >= 15 is 0 Å². The van der Waals surface area contributed by atoms with E-state index in [1.165, 1.54) is 32.1 Å². The van der Waals surface area contributed by atoms with E-state index in [0.29, 0.717) is 36.0 Å². The molecule has 0 aliphatic carbocycles. The Bertz CT molecular complexity index is 834. The number of unbranched alkanes of at least 4 members (excludes halogenated alkanes) is 6. The van der Waals surface area contributed by atoms with E-state index in [9.17, 15) is 9.59 Å². The number of esters is 1. The van der Waals surface area contributed by atoms with E-state index in [0.717, 1.165) is 18.4 Å². The van der Waals surface area contributed by atoms with Gasteiger partial charge in [0.2, 0.25) is 0 Å². The van der Waals surface area contributed by atoms with Gasteiger partial charge in [-0.2, -0.15) is 0 Å². The summed E-state index contributed by atoms with van der Waals surface area (Å²) in [6, 6.07) is 4.58. The highest BCUT2D eigenvalue weighted by Crippen LogP contribution is 2.36. The molecule has 7 nitrogen and oxygen atoms in total. The first-order valence-corrected chi connectivity index (χ1v) is 12.8. The largest absolute Gasteiger partial charge is 0.490 e. The highest BCUT2D eigenvalue weighted by Gasteiger charge is 2.35. The van der Waals surface area contributed by atoms with E-state index in [1.807, 2.05) is 39.0 Å². The Labute approximate surface area is 204 Å². The van der Waals surface area contributed by atoms with Crippen molar-refractivity contribution in [1.29, 1.82) is 0 Å². The minimum atomic E-state index is -0.637. The third-order valence-electron chi connectivity index (χ3n) is 5.78. The fourth-order valence-electron chi connectivity index (χ4n) is 4.06. The number of carbonyl (C=O) groups excluding carboxylic acids is 2. The zero-order valence-electron chi connectivity index (χ0n) is 21.5. The zero-order valence-corrected chi connectivity index (χ0v) is 21.5. The van der Waals surface area contributed by atoms with E-state index in [-0.39, 0.29) is 18.6 Å². The molecule has 1 aromatic carbocycles. The van der Waals surface area contributed by atoms with Crippen LogP contribution in [0.5, 0.6) is 11.5 Å². The summed E-state index contributed by atoms with van der Waals surface area (Å²) in [5, 5.41) is 5.66. The summed E-state index contributed by atoms with van der Waals surface area (Å²) in [5.41, 5.74) is 1.72. The van der Waals surface area contributed by atoms with Crippen molar-refractivity contribution in [2.24, 2.45) is 5.92 Å². The maximum absolute atomic E-state index is 12.8. The molecule has 0 saturated carbocycles. The molecule has 0 radical (unpaired) electrons. The number of allylic oxidation sites excluding steroid dienone is 1. The molecular weight excluding hydrogens is 432 g/mol. The second-order valence-electron chi connectivity index (χ2n) is 8.84. The van der Waals surface area contributed by atoms with Crippen molar-refractivity contribution in [2.45, 2.75) is 85.6 Å². The molecule has 0 fully saturated rings. The Morgan fingerprint density at radius 2 is 1.65 bits per heavy atom. The number of benzene rings is 1. The smallest absolute Gasteiger partial charge is 0.338 e. The van der Waals surface area contributed by atoms with Crippen LogP contribution >= 0.6 is 0 Å².